The Hall–Kier alpha value is -3.45. The van der Waals surface area contributed by atoms with E-state index in [-0.39, 0.29) is 5.91 Å². The SMILES string of the molecule is C[C@H](c1ccc(CN2Cc3ccc(-c4ncc(N5CCC(=O)NC5=O)n4C)cc3C2)cc1)C1CCCC1. The number of rotatable bonds is 6. The van der Waals surface area contributed by atoms with Crippen molar-refractivity contribution in [1.29, 1.82) is 0 Å². The number of nitrogens with one attached hydrogen (secondary N) is 1. The minimum atomic E-state index is -0.392. The van der Waals surface area contributed by atoms with Crippen LogP contribution in [0.15, 0.2) is 48.7 Å². The van der Waals surface area contributed by atoms with E-state index in [0.29, 0.717) is 24.7 Å². The van der Waals surface area contributed by atoms with Gasteiger partial charge in [-0.15, -0.1) is 0 Å². The molecule has 7 heteroatoms. The number of carbonyl (C=O) groups is 2. The molecule has 3 amide bonds. The summed E-state index contributed by atoms with van der Waals surface area (Å²) in [5.74, 6) is 2.77. The molecule has 1 saturated carbocycles. The van der Waals surface area contributed by atoms with Crippen LogP contribution in [0.4, 0.5) is 10.6 Å². The molecule has 7 nitrogen and oxygen atoms in total. The second kappa shape index (κ2) is 9.78. The van der Waals surface area contributed by atoms with Gasteiger partial charge in [-0.25, -0.2) is 9.78 Å². The summed E-state index contributed by atoms with van der Waals surface area (Å²) < 4.78 is 1.93. The first-order chi connectivity index (χ1) is 18.0. The van der Waals surface area contributed by atoms with Crippen LogP contribution in [0, 0.1) is 5.92 Å². The molecular weight excluding hydrogens is 462 g/mol. The van der Waals surface area contributed by atoms with Crippen LogP contribution in [0.1, 0.15) is 67.2 Å². The molecule has 3 heterocycles. The lowest BCUT2D eigenvalue weighted by Crippen LogP contribution is -2.50. The highest BCUT2D eigenvalue weighted by atomic mass is 16.2. The van der Waals surface area contributed by atoms with Crippen molar-refractivity contribution in [1.82, 2.24) is 19.8 Å². The van der Waals surface area contributed by atoms with Crippen molar-refractivity contribution in [2.75, 3.05) is 11.4 Å². The van der Waals surface area contributed by atoms with Gasteiger partial charge in [-0.3, -0.25) is 19.9 Å². The van der Waals surface area contributed by atoms with E-state index in [9.17, 15) is 9.59 Å². The number of hydrogen-bond donors (Lipinski definition) is 1. The number of benzene rings is 2. The van der Waals surface area contributed by atoms with Gasteiger partial charge in [-0.1, -0.05) is 56.2 Å². The van der Waals surface area contributed by atoms with Crippen molar-refractivity contribution in [3.05, 3.63) is 70.9 Å². The largest absolute Gasteiger partial charge is 0.329 e. The zero-order valence-corrected chi connectivity index (χ0v) is 21.7. The normalized spacial score (nSPS) is 19.4. The van der Waals surface area contributed by atoms with Gasteiger partial charge in [-0.2, -0.15) is 0 Å². The van der Waals surface area contributed by atoms with Gasteiger partial charge < -0.3 is 4.57 Å². The average molecular weight is 498 g/mol. The standard InChI is InChI=1S/C30H35N5O2/c1-20(22-5-3-4-6-22)23-9-7-21(8-10-23)17-34-18-25-12-11-24(15-26(25)19-34)29-31-16-28(33(29)2)35-14-13-27(36)32-30(35)37/h7-12,15-16,20,22H,3-6,13-14,17-19H2,1-2H3,(H,32,36,37)/t20-/m0/s1. The quantitative estimate of drug-likeness (QED) is 0.499. The van der Waals surface area contributed by atoms with E-state index in [4.69, 9.17) is 0 Å². The Morgan fingerprint density at radius 1 is 1.03 bits per heavy atom. The van der Waals surface area contributed by atoms with Gasteiger partial charge in [0.05, 0.1) is 6.20 Å². The third-order valence-electron chi connectivity index (χ3n) is 8.57. The topological polar surface area (TPSA) is 70.5 Å². The number of imidazole rings is 1. The Morgan fingerprint density at radius 2 is 1.78 bits per heavy atom. The van der Waals surface area contributed by atoms with Crippen molar-refractivity contribution in [2.45, 2.75) is 64.6 Å². The van der Waals surface area contributed by atoms with E-state index in [2.05, 4.69) is 64.6 Å². The van der Waals surface area contributed by atoms with Crippen molar-refractivity contribution in [2.24, 2.45) is 13.0 Å². The lowest BCUT2D eigenvalue weighted by molar-refractivity contribution is -0.120. The summed E-state index contributed by atoms with van der Waals surface area (Å²) in [5, 5.41) is 2.39. The fraction of sp³-hybridized carbons (Fsp3) is 0.433. The van der Waals surface area contributed by atoms with Crippen molar-refractivity contribution in [3.8, 4) is 11.4 Å². The second-order valence-electron chi connectivity index (χ2n) is 11.0. The van der Waals surface area contributed by atoms with Crippen LogP contribution in [0.5, 0.6) is 0 Å². The lowest BCUT2D eigenvalue weighted by atomic mass is 9.86. The van der Waals surface area contributed by atoms with E-state index >= 15 is 0 Å². The minimum Gasteiger partial charge on any atom is -0.314 e. The third kappa shape index (κ3) is 4.68. The molecular formula is C30H35N5O2. The minimum absolute atomic E-state index is 0.235. The summed E-state index contributed by atoms with van der Waals surface area (Å²) >= 11 is 0. The number of carbonyl (C=O) groups excluding carboxylic acids is 2. The highest BCUT2D eigenvalue weighted by Gasteiger charge is 2.28. The van der Waals surface area contributed by atoms with E-state index in [0.717, 1.165) is 36.9 Å². The molecule has 2 aliphatic heterocycles. The Labute approximate surface area is 218 Å². The predicted octanol–water partition coefficient (Wildman–Crippen LogP) is 5.34. The highest BCUT2D eigenvalue weighted by Crippen LogP contribution is 2.37. The second-order valence-corrected chi connectivity index (χ2v) is 11.0. The van der Waals surface area contributed by atoms with E-state index in [1.165, 1.54) is 47.9 Å². The zero-order chi connectivity index (χ0) is 25.5. The summed E-state index contributed by atoms with van der Waals surface area (Å²) in [6.07, 6.45) is 7.55. The molecule has 1 N–H and O–H groups in total. The Kier molecular flexibility index (Phi) is 6.32. The molecule has 6 rings (SSSR count). The summed E-state index contributed by atoms with van der Waals surface area (Å²) in [6, 6.07) is 15.5. The molecule has 37 heavy (non-hydrogen) atoms. The molecule has 192 valence electrons. The fourth-order valence-electron chi connectivity index (χ4n) is 6.33. The smallest absolute Gasteiger partial charge is 0.314 e. The van der Waals surface area contributed by atoms with Gasteiger partial charge in [0.15, 0.2) is 0 Å². The molecule has 0 unspecified atom stereocenters. The Bertz CT molecular complexity index is 1320. The van der Waals surface area contributed by atoms with Gasteiger partial charge in [-0.05, 0) is 53.0 Å². The molecule has 0 radical (unpaired) electrons. The fourth-order valence-corrected chi connectivity index (χ4v) is 6.33. The lowest BCUT2D eigenvalue weighted by Gasteiger charge is -2.26. The summed E-state index contributed by atoms with van der Waals surface area (Å²) in [5.41, 5.74) is 6.57. The molecule has 2 aromatic carbocycles. The average Bonchev–Trinajstić information content (AvgIpc) is 3.64. The Balaban J connectivity index is 1.13. The summed E-state index contributed by atoms with van der Waals surface area (Å²) in [7, 11) is 1.91. The molecule has 3 aliphatic rings. The number of amides is 3. The first-order valence-corrected chi connectivity index (χ1v) is 13.5. The van der Waals surface area contributed by atoms with Crippen molar-refractivity contribution in [3.63, 3.8) is 0 Å². The van der Waals surface area contributed by atoms with Gasteiger partial charge >= 0.3 is 6.03 Å². The first-order valence-electron chi connectivity index (χ1n) is 13.5. The van der Waals surface area contributed by atoms with E-state index < -0.39 is 6.03 Å². The van der Waals surface area contributed by atoms with Gasteiger partial charge in [0.2, 0.25) is 5.91 Å². The van der Waals surface area contributed by atoms with Gasteiger partial charge in [0, 0.05) is 45.2 Å². The van der Waals surface area contributed by atoms with Gasteiger partial charge in [0.25, 0.3) is 0 Å². The molecule has 0 spiro atoms. The van der Waals surface area contributed by atoms with Crippen LogP contribution < -0.4 is 10.2 Å². The van der Waals surface area contributed by atoms with Crippen molar-refractivity contribution >= 4 is 17.8 Å². The Morgan fingerprint density at radius 3 is 2.54 bits per heavy atom. The molecule has 2 fully saturated rings. The van der Waals surface area contributed by atoms with E-state index in [1.807, 2.05) is 11.6 Å². The van der Waals surface area contributed by atoms with Crippen LogP contribution >= 0.6 is 0 Å². The summed E-state index contributed by atoms with van der Waals surface area (Å²) in [6.45, 7) is 5.56. The molecule has 1 atom stereocenters. The zero-order valence-electron chi connectivity index (χ0n) is 21.7. The van der Waals surface area contributed by atoms with Crippen LogP contribution in [-0.4, -0.2) is 32.9 Å². The maximum absolute atomic E-state index is 12.3. The molecule has 1 aliphatic carbocycles. The number of imide groups is 1. The molecule has 1 saturated heterocycles. The number of aromatic nitrogens is 2. The maximum Gasteiger partial charge on any atom is 0.329 e. The highest BCUT2D eigenvalue weighted by molar-refractivity contribution is 6.05. The van der Waals surface area contributed by atoms with Crippen LogP contribution in [0.25, 0.3) is 11.4 Å². The molecule has 1 aromatic heterocycles. The number of hydrogen-bond acceptors (Lipinski definition) is 4. The third-order valence-corrected chi connectivity index (χ3v) is 8.57. The van der Waals surface area contributed by atoms with Gasteiger partial charge in [0.1, 0.15) is 11.6 Å². The molecule has 3 aromatic rings. The maximum atomic E-state index is 12.3. The molecule has 0 bridgehead atoms. The van der Waals surface area contributed by atoms with Crippen molar-refractivity contribution < 1.29 is 9.59 Å². The monoisotopic (exact) mass is 497 g/mol. The number of nitrogens with zero attached hydrogens (tertiary/aromatic N) is 4. The summed E-state index contributed by atoms with van der Waals surface area (Å²) in [4.78, 5) is 32.5. The van der Waals surface area contributed by atoms with Crippen LogP contribution in [0.2, 0.25) is 0 Å². The predicted molar refractivity (Wildman–Crippen MR) is 144 cm³/mol. The number of anilines is 1. The van der Waals surface area contributed by atoms with Crippen LogP contribution in [-0.2, 0) is 31.5 Å². The first kappa shape index (κ1) is 23.9. The van der Waals surface area contributed by atoms with E-state index in [1.54, 1.807) is 11.1 Å². The number of urea groups is 1. The number of fused-ring (bicyclic) bond motifs is 1. The van der Waals surface area contributed by atoms with Crippen LogP contribution in [0.3, 0.4) is 0 Å².